The second kappa shape index (κ2) is 6.56. The molecule has 0 bridgehead atoms. The molecule has 24 heavy (non-hydrogen) atoms. The Bertz CT molecular complexity index is 853. The fourth-order valence-corrected chi connectivity index (χ4v) is 4.18. The van der Waals surface area contributed by atoms with Crippen LogP contribution in [0.4, 0.5) is 15.8 Å². The molecule has 6 nitrogen and oxygen atoms in total. The van der Waals surface area contributed by atoms with Crippen LogP contribution in [0.25, 0.3) is 0 Å². The van der Waals surface area contributed by atoms with Crippen LogP contribution >= 0.6 is 0 Å². The first kappa shape index (κ1) is 16.4. The lowest BCUT2D eigenvalue weighted by atomic mass is 10.2. The highest BCUT2D eigenvalue weighted by atomic mass is 32.2. The number of para-hydroxylation sites is 1. The molecular weight excluding hydrogens is 333 g/mol. The van der Waals surface area contributed by atoms with E-state index in [0.717, 1.165) is 0 Å². The number of benzene rings is 1. The summed E-state index contributed by atoms with van der Waals surface area (Å²) in [6.45, 7) is 0. The van der Waals surface area contributed by atoms with Crippen LogP contribution in [0.15, 0.2) is 42.6 Å². The Morgan fingerprint density at radius 1 is 1.21 bits per heavy atom. The van der Waals surface area contributed by atoms with Gasteiger partial charge >= 0.3 is 0 Å². The largest absolute Gasteiger partial charge is 0.380 e. The first-order valence-electron chi connectivity index (χ1n) is 7.42. The molecule has 1 unspecified atom stereocenters. The lowest BCUT2D eigenvalue weighted by Crippen LogP contribution is -2.21. The Morgan fingerprint density at radius 2 is 2.00 bits per heavy atom. The van der Waals surface area contributed by atoms with Crippen LogP contribution in [0, 0.1) is 5.82 Å². The van der Waals surface area contributed by atoms with Gasteiger partial charge in [0.25, 0.3) is 5.91 Å². The third-order valence-corrected chi connectivity index (χ3v) is 5.49. The Labute approximate surface area is 139 Å². The molecule has 1 aromatic heterocycles. The van der Waals surface area contributed by atoms with Gasteiger partial charge in [-0.1, -0.05) is 12.1 Å². The molecule has 0 saturated carbocycles. The van der Waals surface area contributed by atoms with E-state index in [4.69, 9.17) is 0 Å². The van der Waals surface area contributed by atoms with Crippen molar-refractivity contribution in [1.29, 1.82) is 0 Å². The quantitative estimate of drug-likeness (QED) is 0.882. The number of hydrogen-bond acceptors (Lipinski definition) is 5. The number of amides is 1. The highest BCUT2D eigenvalue weighted by Gasteiger charge is 2.27. The number of anilines is 2. The average molecular weight is 349 g/mol. The van der Waals surface area contributed by atoms with Gasteiger partial charge in [-0.3, -0.25) is 4.79 Å². The fourth-order valence-electron chi connectivity index (χ4n) is 2.51. The van der Waals surface area contributed by atoms with Gasteiger partial charge in [0.2, 0.25) is 0 Å². The molecule has 1 saturated heterocycles. The number of hydrogen-bond donors (Lipinski definition) is 2. The van der Waals surface area contributed by atoms with E-state index in [1.165, 1.54) is 30.5 Å². The van der Waals surface area contributed by atoms with Gasteiger partial charge in [-0.15, -0.1) is 0 Å². The summed E-state index contributed by atoms with van der Waals surface area (Å²) in [4.78, 5) is 16.1. The molecule has 1 aliphatic heterocycles. The molecule has 2 heterocycles. The first-order chi connectivity index (χ1) is 11.4. The number of halogens is 1. The smallest absolute Gasteiger partial charge is 0.274 e. The van der Waals surface area contributed by atoms with Crippen LogP contribution in [0.5, 0.6) is 0 Å². The molecule has 2 aromatic rings. The summed E-state index contributed by atoms with van der Waals surface area (Å²) in [5.74, 6) is -0.759. The van der Waals surface area contributed by atoms with Crippen molar-refractivity contribution in [2.45, 2.75) is 12.5 Å². The number of aromatic nitrogens is 1. The maximum atomic E-state index is 13.5. The monoisotopic (exact) mass is 349 g/mol. The number of nitrogens with one attached hydrogen (secondary N) is 2. The van der Waals surface area contributed by atoms with Crippen LogP contribution in [0.2, 0.25) is 0 Å². The maximum absolute atomic E-state index is 13.5. The van der Waals surface area contributed by atoms with Crippen LogP contribution < -0.4 is 10.6 Å². The SMILES string of the molecule is O=C(Nc1ccccc1F)c1ccc(NC2CCS(=O)(=O)C2)cn1. The van der Waals surface area contributed by atoms with Gasteiger partial charge in [0, 0.05) is 6.04 Å². The highest BCUT2D eigenvalue weighted by molar-refractivity contribution is 7.91. The van der Waals surface area contributed by atoms with E-state index >= 15 is 0 Å². The summed E-state index contributed by atoms with van der Waals surface area (Å²) in [5.41, 5.74) is 0.866. The molecule has 0 aliphatic carbocycles. The molecule has 1 amide bonds. The van der Waals surface area contributed by atoms with E-state index in [1.807, 2.05) is 0 Å². The molecule has 3 rings (SSSR count). The average Bonchev–Trinajstić information content (AvgIpc) is 2.89. The van der Waals surface area contributed by atoms with Gasteiger partial charge in [0.1, 0.15) is 11.5 Å². The lowest BCUT2D eigenvalue weighted by Gasteiger charge is -2.12. The molecule has 0 spiro atoms. The Kier molecular flexibility index (Phi) is 4.48. The van der Waals surface area contributed by atoms with Crippen molar-refractivity contribution >= 4 is 27.1 Å². The zero-order chi connectivity index (χ0) is 17.2. The number of carbonyl (C=O) groups excluding carboxylic acids is 1. The molecule has 0 radical (unpaired) electrons. The van der Waals surface area contributed by atoms with E-state index in [9.17, 15) is 17.6 Å². The van der Waals surface area contributed by atoms with Crippen molar-refractivity contribution in [2.24, 2.45) is 0 Å². The zero-order valence-corrected chi connectivity index (χ0v) is 13.5. The number of sulfone groups is 1. The Morgan fingerprint density at radius 3 is 2.62 bits per heavy atom. The molecule has 1 aromatic carbocycles. The number of rotatable bonds is 4. The predicted molar refractivity (Wildman–Crippen MR) is 89.3 cm³/mol. The van der Waals surface area contributed by atoms with Gasteiger partial charge in [-0.05, 0) is 30.7 Å². The van der Waals surface area contributed by atoms with E-state index in [-0.39, 0.29) is 28.9 Å². The predicted octanol–water partition coefficient (Wildman–Crippen LogP) is 2.07. The minimum Gasteiger partial charge on any atom is -0.380 e. The van der Waals surface area contributed by atoms with Crippen molar-refractivity contribution in [3.05, 3.63) is 54.1 Å². The highest BCUT2D eigenvalue weighted by Crippen LogP contribution is 2.18. The molecule has 2 N–H and O–H groups in total. The van der Waals surface area contributed by atoms with E-state index in [0.29, 0.717) is 12.1 Å². The lowest BCUT2D eigenvalue weighted by molar-refractivity contribution is 0.102. The third-order valence-electron chi connectivity index (χ3n) is 3.72. The third kappa shape index (κ3) is 3.88. The van der Waals surface area contributed by atoms with E-state index < -0.39 is 21.6 Å². The Hall–Kier alpha value is -2.48. The second-order valence-electron chi connectivity index (χ2n) is 5.61. The van der Waals surface area contributed by atoms with Crippen molar-refractivity contribution in [3.63, 3.8) is 0 Å². The first-order valence-corrected chi connectivity index (χ1v) is 9.24. The minimum atomic E-state index is -2.96. The molecule has 1 fully saturated rings. The van der Waals surface area contributed by atoms with Gasteiger partial charge in [0.15, 0.2) is 9.84 Å². The summed E-state index contributed by atoms with van der Waals surface area (Å²) in [7, 11) is -2.96. The molecule has 8 heteroatoms. The molecule has 1 atom stereocenters. The molecule has 126 valence electrons. The number of carbonyl (C=O) groups is 1. The van der Waals surface area contributed by atoms with Gasteiger partial charge in [-0.2, -0.15) is 0 Å². The Balaban J connectivity index is 1.64. The van der Waals surface area contributed by atoms with Crippen molar-refractivity contribution in [2.75, 3.05) is 22.1 Å². The van der Waals surface area contributed by atoms with Crippen molar-refractivity contribution in [1.82, 2.24) is 4.98 Å². The van der Waals surface area contributed by atoms with Crippen LogP contribution in [0.3, 0.4) is 0 Å². The van der Waals surface area contributed by atoms with Crippen molar-refractivity contribution < 1.29 is 17.6 Å². The number of pyridine rings is 1. The van der Waals surface area contributed by atoms with Gasteiger partial charge in [-0.25, -0.2) is 17.8 Å². The van der Waals surface area contributed by atoms with Crippen LogP contribution in [-0.4, -0.2) is 36.9 Å². The zero-order valence-electron chi connectivity index (χ0n) is 12.7. The standard InChI is InChI=1S/C16H16FN3O3S/c17-13-3-1-2-4-14(13)20-16(21)15-6-5-11(9-18-15)19-12-7-8-24(22,23)10-12/h1-6,9,12,19H,7-8,10H2,(H,20,21). The topological polar surface area (TPSA) is 88.2 Å². The summed E-state index contributed by atoms with van der Waals surface area (Å²) < 4.78 is 36.4. The molecular formula is C16H16FN3O3S. The summed E-state index contributed by atoms with van der Waals surface area (Å²) in [6, 6.07) is 8.88. The number of nitrogens with zero attached hydrogens (tertiary/aromatic N) is 1. The van der Waals surface area contributed by atoms with E-state index in [2.05, 4.69) is 15.6 Å². The minimum absolute atomic E-state index is 0.0858. The summed E-state index contributed by atoms with van der Waals surface area (Å²) >= 11 is 0. The van der Waals surface area contributed by atoms with Crippen LogP contribution in [0.1, 0.15) is 16.9 Å². The van der Waals surface area contributed by atoms with Crippen LogP contribution in [-0.2, 0) is 9.84 Å². The van der Waals surface area contributed by atoms with Crippen molar-refractivity contribution in [3.8, 4) is 0 Å². The van der Waals surface area contributed by atoms with E-state index in [1.54, 1.807) is 12.1 Å². The fraction of sp³-hybridized carbons (Fsp3) is 0.250. The summed E-state index contributed by atoms with van der Waals surface area (Å²) in [6.07, 6.45) is 2.01. The second-order valence-corrected chi connectivity index (χ2v) is 7.84. The maximum Gasteiger partial charge on any atom is 0.274 e. The van der Waals surface area contributed by atoms with Gasteiger partial charge in [0.05, 0.1) is 29.1 Å². The summed E-state index contributed by atoms with van der Waals surface area (Å²) in [5, 5.41) is 5.54. The molecule has 1 aliphatic rings. The van der Waals surface area contributed by atoms with Gasteiger partial charge < -0.3 is 10.6 Å². The normalized spacial score (nSPS) is 19.0.